The lowest BCUT2D eigenvalue weighted by molar-refractivity contribution is 0.0600. The smallest absolute Gasteiger partial charge is 0.337 e. The summed E-state index contributed by atoms with van der Waals surface area (Å²) in [6, 6.07) is 15.6. The SMILES string of the molecule is COC(=O)c1ccc(NC(=O)c2ccc(C)c(Nc3nc(-c4cccnc4)nc4c3cnn4C)c2)cc1. The number of esters is 1. The number of aryl methyl sites for hydroxylation is 2. The molecule has 5 rings (SSSR count). The molecule has 37 heavy (non-hydrogen) atoms. The van der Waals surface area contributed by atoms with Crippen LogP contribution < -0.4 is 10.6 Å². The first-order valence-corrected chi connectivity index (χ1v) is 11.4. The first-order chi connectivity index (χ1) is 17.9. The summed E-state index contributed by atoms with van der Waals surface area (Å²) >= 11 is 0. The van der Waals surface area contributed by atoms with Crippen LogP contribution in [0, 0.1) is 6.92 Å². The number of hydrogen-bond donors (Lipinski definition) is 2. The predicted octanol–water partition coefficient (Wildman–Crippen LogP) is 4.52. The molecule has 0 unspecified atom stereocenters. The third-order valence-corrected chi connectivity index (χ3v) is 5.83. The largest absolute Gasteiger partial charge is 0.465 e. The highest BCUT2D eigenvalue weighted by Crippen LogP contribution is 2.29. The monoisotopic (exact) mass is 493 g/mol. The summed E-state index contributed by atoms with van der Waals surface area (Å²) in [7, 11) is 3.14. The Kier molecular flexibility index (Phi) is 6.29. The van der Waals surface area contributed by atoms with E-state index in [1.54, 1.807) is 59.7 Å². The second-order valence-corrected chi connectivity index (χ2v) is 8.32. The number of pyridine rings is 1. The van der Waals surface area contributed by atoms with Gasteiger partial charge in [-0.2, -0.15) is 5.10 Å². The number of benzene rings is 2. The Morgan fingerprint density at radius 1 is 0.973 bits per heavy atom. The standard InChI is InChI=1S/C27H23N7O3/c1-16-6-7-18(26(35)30-20-10-8-17(9-11-20)27(36)37-3)13-22(16)31-24-21-15-29-34(2)25(21)33-23(32-24)19-5-4-12-28-14-19/h4-15H,1-3H3,(H,30,35)(H,31,32,33). The molecular formula is C27H23N7O3. The maximum absolute atomic E-state index is 13.0. The van der Waals surface area contributed by atoms with Gasteiger partial charge in [-0.25, -0.2) is 14.8 Å². The molecule has 5 aromatic rings. The average molecular weight is 494 g/mol. The Balaban J connectivity index is 1.44. The van der Waals surface area contributed by atoms with Gasteiger partial charge in [0.25, 0.3) is 5.91 Å². The van der Waals surface area contributed by atoms with Gasteiger partial charge in [-0.3, -0.25) is 14.5 Å². The minimum absolute atomic E-state index is 0.292. The molecule has 0 saturated heterocycles. The highest BCUT2D eigenvalue weighted by atomic mass is 16.5. The van der Waals surface area contributed by atoms with Crippen LogP contribution in [-0.2, 0) is 11.8 Å². The second-order valence-electron chi connectivity index (χ2n) is 8.32. The van der Waals surface area contributed by atoms with E-state index in [0.717, 1.165) is 22.2 Å². The molecule has 3 heterocycles. The number of anilines is 3. The molecule has 1 amide bonds. The Labute approximate surface area is 212 Å². The lowest BCUT2D eigenvalue weighted by Gasteiger charge is -2.13. The molecule has 0 fully saturated rings. The van der Waals surface area contributed by atoms with Gasteiger partial charge in [-0.05, 0) is 61.0 Å². The van der Waals surface area contributed by atoms with Gasteiger partial charge in [0, 0.05) is 41.9 Å². The molecule has 3 aromatic heterocycles. The van der Waals surface area contributed by atoms with Gasteiger partial charge in [-0.15, -0.1) is 0 Å². The number of rotatable bonds is 6. The number of methoxy groups -OCH3 is 1. The fourth-order valence-corrected chi connectivity index (χ4v) is 3.78. The van der Waals surface area contributed by atoms with Gasteiger partial charge in [0.15, 0.2) is 11.5 Å². The second kappa shape index (κ2) is 9.86. The molecule has 0 bridgehead atoms. The topological polar surface area (TPSA) is 124 Å². The number of ether oxygens (including phenoxy) is 1. The average Bonchev–Trinajstić information content (AvgIpc) is 3.31. The van der Waals surface area contributed by atoms with Gasteiger partial charge < -0.3 is 15.4 Å². The maximum atomic E-state index is 13.0. The molecule has 0 atom stereocenters. The molecule has 10 nitrogen and oxygen atoms in total. The maximum Gasteiger partial charge on any atom is 0.337 e. The molecule has 2 N–H and O–H groups in total. The van der Waals surface area contributed by atoms with E-state index in [1.165, 1.54) is 7.11 Å². The normalized spacial score (nSPS) is 10.8. The zero-order chi connectivity index (χ0) is 25.9. The van der Waals surface area contributed by atoms with Crippen LogP contribution >= 0.6 is 0 Å². The van der Waals surface area contributed by atoms with Crippen molar-refractivity contribution in [3.8, 4) is 11.4 Å². The first-order valence-electron chi connectivity index (χ1n) is 11.4. The van der Waals surface area contributed by atoms with Gasteiger partial charge >= 0.3 is 5.97 Å². The fourth-order valence-electron chi connectivity index (χ4n) is 3.78. The van der Waals surface area contributed by atoms with E-state index >= 15 is 0 Å². The van der Waals surface area contributed by atoms with E-state index < -0.39 is 5.97 Å². The summed E-state index contributed by atoms with van der Waals surface area (Å²) in [6.07, 6.45) is 5.10. The van der Waals surface area contributed by atoms with Crippen LogP contribution in [0.3, 0.4) is 0 Å². The number of amides is 1. The summed E-state index contributed by atoms with van der Waals surface area (Å²) in [5.41, 5.74) is 4.50. The van der Waals surface area contributed by atoms with Crippen molar-refractivity contribution in [1.29, 1.82) is 0 Å². The van der Waals surface area contributed by atoms with Crippen LogP contribution in [0.1, 0.15) is 26.3 Å². The van der Waals surface area contributed by atoms with Gasteiger partial charge in [0.05, 0.1) is 24.3 Å². The van der Waals surface area contributed by atoms with E-state index in [4.69, 9.17) is 9.72 Å². The third-order valence-electron chi connectivity index (χ3n) is 5.83. The van der Waals surface area contributed by atoms with Crippen molar-refractivity contribution in [2.75, 3.05) is 17.7 Å². The molecule has 0 spiro atoms. The summed E-state index contributed by atoms with van der Waals surface area (Å²) in [4.78, 5) is 38.2. The number of aromatic nitrogens is 5. The Hall–Kier alpha value is -5.12. The number of hydrogen-bond acceptors (Lipinski definition) is 8. The molecule has 0 radical (unpaired) electrons. The van der Waals surface area contributed by atoms with Gasteiger partial charge in [0.1, 0.15) is 5.82 Å². The minimum atomic E-state index is -0.439. The first kappa shape index (κ1) is 23.6. The fraction of sp³-hybridized carbons (Fsp3) is 0.111. The van der Waals surface area contributed by atoms with Crippen LogP contribution in [-0.4, -0.2) is 43.7 Å². The lowest BCUT2D eigenvalue weighted by atomic mass is 10.1. The molecule has 0 aliphatic carbocycles. The summed E-state index contributed by atoms with van der Waals surface area (Å²) < 4.78 is 6.39. The predicted molar refractivity (Wildman–Crippen MR) is 140 cm³/mol. The molecule has 0 saturated carbocycles. The van der Waals surface area contributed by atoms with E-state index in [0.29, 0.717) is 34.1 Å². The van der Waals surface area contributed by atoms with E-state index in [-0.39, 0.29) is 5.91 Å². The van der Waals surface area contributed by atoms with Crippen molar-refractivity contribution in [3.63, 3.8) is 0 Å². The van der Waals surface area contributed by atoms with Crippen molar-refractivity contribution in [2.45, 2.75) is 6.92 Å². The summed E-state index contributed by atoms with van der Waals surface area (Å²) in [5.74, 6) is 0.343. The minimum Gasteiger partial charge on any atom is -0.465 e. The van der Waals surface area contributed by atoms with E-state index in [1.807, 2.05) is 32.2 Å². The Morgan fingerprint density at radius 3 is 2.49 bits per heavy atom. The molecular weight excluding hydrogens is 470 g/mol. The van der Waals surface area contributed by atoms with E-state index in [2.05, 4.69) is 25.7 Å². The summed E-state index contributed by atoms with van der Waals surface area (Å²) in [5, 5.41) is 11.3. The van der Waals surface area contributed by atoms with Gasteiger partial charge in [0.2, 0.25) is 0 Å². The Morgan fingerprint density at radius 2 is 1.76 bits per heavy atom. The molecule has 10 heteroatoms. The molecule has 0 aliphatic rings. The van der Waals surface area contributed by atoms with Crippen molar-refractivity contribution in [3.05, 3.63) is 89.9 Å². The highest BCUT2D eigenvalue weighted by Gasteiger charge is 2.16. The van der Waals surface area contributed by atoms with Crippen molar-refractivity contribution in [2.24, 2.45) is 7.05 Å². The highest BCUT2D eigenvalue weighted by molar-refractivity contribution is 6.05. The number of nitrogens with zero attached hydrogens (tertiary/aromatic N) is 5. The van der Waals surface area contributed by atoms with Crippen LogP contribution in [0.15, 0.2) is 73.2 Å². The molecule has 2 aromatic carbocycles. The molecule has 184 valence electrons. The molecule has 0 aliphatic heterocycles. The number of fused-ring (bicyclic) bond motifs is 1. The van der Waals surface area contributed by atoms with Gasteiger partial charge in [-0.1, -0.05) is 6.07 Å². The quantitative estimate of drug-likeness (QED) is 0.331. The van der Waals surface area contributed by atoms with Crippen molar-refractivity contribution >= 4 is 40.1 Å². The third kappa shape index (κ3) is 4.85. The zero-order valence-corrected chi connectivity index (χ0v) is 20.4. The van der Waals surface area contributed by atoms with Crippen LogP contribution in [0.5, 0.6) is 0 Å². The number of nitrogens with one attached hydrogen (secondary N) is 2. The van der Waals surface area contributed by atoms with Crippen LogP contribution in [0.25, 0.3) is 22.4 Å². The van der Waals surface area contributed by atoms with E-state index in [9.17, 15) is 9.59 Å². The number of carbonyl (C=O) groups is 2. The van der Waals surface area contributed by atoms with Crippen molar-refractivity contribution < 1.29 is 14.3 Å². The number of carbonyl (C=O) groups excluding carboxylic acids is 2. The summed E-state index contributed by atoms with van der Waals surface area (Å²) in [6.45, 7) is 1.94. The Bertz CT molecular complexity index is 1610. The lowest BCUT2D eigenvalue weighted by Crippen LogP contribution is -2.13. The van der Waals surface area contributed by atoms with Crippen LogP contribution in [0.4, 0.5) is 17.2 Å². The zero-order valence-electron chi connectivity index (χ0n) is 20.4. The van der Waals surface area contributed by atoms with Crippen LogP contribution in [0.2, 0.25) is 0 Å². The van der Waals surface area contributed by atoms with Crippen molar-refractivity contribution in [1.82, 2.24) is 24.7 Å².